The average molecular weight is 337 g/mol. The van der Waals surface area contributed by atoms with Crippen LogP contribution in [0.1, 0.15) is 0 Å². The Morgan fingerprint density at radius 2 is 1.50 bits per heavy atom. The molecule has 0 spiro atoms. The van der Waals surface area contributed by atoms with Crippen molar-refractivity contribution in [3.63, 3.8) is 0 Å². The summed E-state index contributed by atoms with van der Waals surface area (Å²) in [6.07, 6.45) is 0. The van der Waals surface area contributed by atoms with Crippen molar-refractivity contribution in [3.05, 3.63) is 54.2 Å². The van der Waals surface area contributed by atoms with Crippen LogP contribution in [0.2, 0.25) is 0 Å². The van der Waals surface area contributed by atoms with E-state index < -0.39 is 0 Å². The molecule has 0 saturated carbocycles. The molecule has 1 aromatic carbocycles. The minimum absolute atomic E-state index is 0. The molecule has 0 fully saturated rings. The Balaban J connectivity index is -0.000000116. The average Bonchev–Trinajstić information content (AvgIpc) is 2.44. The minimum atomic E-state index is 0. The maximum atomic E-state index is 8.81. The third-order valence-electron chi connectivity index (χ3n) is 0.650. The largest absolute Gasteiger partial charge is 0.358 e. The zero-order valence-electron chi connectivity index (χ0n) is 6.58. The van der Waals surface area contributed by atoms with E-state index in [2.05, 4.69) is 0 Å². The summed E-state index contributed by atoms with van der Waals surface area (Å²) in [6, 6.07) is 10.0. The molecule has 0 aliphatic rings. The van der Waals surface area contributed by atoms with Gasteiger partial charge in [-0.05, 0) is 0 Å². The predicted molar refractivity (Wildman–Crippen MR) is 44.3 cm³/mol. The van der Waals surface area contributed by atoms with E-state index in [1.807, 2.05) is 40.7 Å². The molecule has 0 amide bonds. The second kappa shape index (κ2) is 16.6. The molecule has 0 N–H and O–H groups in total. The molecule has 0 atom stereocenters. The summed E-state index contributed by atoms with van der Waals surface area (Å²) >= 11 is 0. The summed E-state index contributed by atoms with van der Waals surface area (Å²) in [5, 5.41) is 4.00. The maximum absolute atomic E-state index is 8.81. The Bertz CT molecular complexity index is 143. The summed E-state index contributed by atoms with van der Waals surface area (Å²) in [5.41, 5.74) is 0. The van der Waals surface area contributed by atoms with Crippen molar-refractivity contribution in [1.29, 1.82) is 0 Å². The first-order valence-corrected chi connectivity index (χ1v) is 2.55. The van der Waals surface area contributed by atoms with Gasteiger partial charge in [-0.2, -0.15) is 28.0 Å². The molecule has 0 aliphatic heterocycles. The molecule has 0 radical (unpaired) electrons. The molecular formula is C7H9N2O2W-3. The van der Waals surface area contributed by atoms with Gasteiger partial charge in [-0.3, -0.25) is 0 Å². The molecule has 4 nitrogen and oxygen atoms in total. The summed E-state index contributed by atoms with van der Waals surface area (Å²) in [4.78, 5) is 17.6. The topological polar surface area (TPSA) is 58.9 Å². The van der Waals surface area contributed by atoms with Gasteiger partial charge >= 0.3 is 0 Å². The van der Waals surface area contributed by atoms with Gasteiger partial charge in [-0.15, -0.1) is 0 Å². The van der Waals surface area contributed by atoms with Crippen molar-refractivity contribution >= 4 is 0 Å². The number of rotatable bonds is 2. The van der Waals surface area contributed by atoms with E-state index in [-0.39, 0.29) is 28.5 Å². The van der Waals surface area contributed by atoms with Crippen molar-refractivity contribution < 1.29 is 21.1 Å². The summed E-state index contributed by atoms with van der Waals surface area (Å²) < 4.78 is 0. The molecule has 0 heterocycles. The van der Waals surface area contributed by atoms with E-state index >= 15 is 0 Å². The molecule has 12 heavy (non-hydrogen) atoms. The Morgan fingerprint density at radius 1 is 1.08 bits per heavy atom. The smallest absolute Gasteiger partial charge is 0 e. The monoisotopic (exact) mass is 337 g/mol. The van der Waals surface area contributed by atoms with E-state index in [4.69, 9.17) is 9.81 Å². The molecule has 1 rings (SSSR count). The fourth-order valence-corrected chi connectivity index (χ4v) is 0.340. The van der Waals surface area contributed by atoms with Gasteiger partial charge in [0.15, 0.2) is 0 Å². The molecule has 0 aliphatic carbocycles. The van der Waals surface area contributed by atoms with Gasteiger partial charge < -0.3 is 7.43 Å². The Hall–Kier alpha value is -0.892. The zero-order valence-corrected chi connectivity index (χ0v) is 9.52. The van der Waals surface area contributed by atoms with Crippen LogP contribution in [0, 0.1) is 23.9 Å². The molecule has 0 bridgehead atoms. The summed E-state index contributed by atoms with van der Waals surface area (Å²) in [5.74, 6) is 0. The van der Waals surface area contributed by atoms with Crippen molar-refractivity contribution in [2.45, 2.75) is 0 Å². The van der Waals surface area contributed by atoms with Crippen LogP contribution in [-0.4, -0.2) is 0 Å². The molecule has 5 heteroatoms. The van der Waals surface area contributed by atoms with Crippen molar-refractivity contribution in [2.24, 2.45) is 10.4 Å². The van der Waals surface area contributed by atoms with E-state index in [0.29, 0.717) is 6.67 Å². The van der Waals surface area contributed by atoms with Gasteiger partial charge in [0.1, 0.15) is 0 Å². The molecule has 0 saturated heterocycles. The van der Waals surface area contributed by atoms with Gasteiger partial charge in [-0.25, -0.2) is 22.5 Å². The molecule has 0 aromatic heterocycles. The normalized spacial score (nSPS) is 5.67. The van der Waals surface area contributed by atoms with E-state index in [1.165, 1.54) is 0 Å². The SMILES string of the molecule is O=N[CH-]N=O.[CH3-].[W].c1cc[cH-]c1. The van der Waals surface area contributed by atoms with Crippen LogP contribution in [0.25, 0.3) is 0 Å². The van der Waals surface area contributed by atoms with Crippen LogP contribution in [0.4, 0.5) is 0 Å². The van der Waals surface area contributed by atoms with E-state index in [9.17, 15) is 0 Å². The van der Waals surface area contributed by atoms with Crippen molar-refractivity contribution in [3.8, 4) is 0 Å². The van der Waals surface area contributed by atoms with Crippen LogP contribution in [0.5, 0.6) is 0 Å². The van der Waals surface area contributed by atoms with Crippen LogP contribution < -0.4 is 0 Å². The second-order valence-corrected chi connectivity index (χ2v) is 1.29. The Labute approximate surface area is 85.9 Å². The second-order valence-electron chi connectivity index (χ2n) is 1.29. The van der Waals surface area contributed by atoms with Gasteiger partial charge in [0.2, 0.25) is 0 Å². The first-order chi connectivity index (χ1) is 4.91. The number of nitroso groups, excluding NO2 is 2. The third kappa shape index (κ3) is 16.0. The van der Waals surface area contributed by atoms with Crippen molar-refractivity contribution in [2.75, 3.05) is 0 Å². The predicted octanol–water partition coefficient (Wildman–Crippen LogP) is 2.49. The fourth-order valence-electron chi connectivity index (χ4n) is 0.340. The quantitative estimate of drug-likeness (QED) is 0.615. The summed E-state index contributed by atoms with van der Waals surface area (Å²) in [7, 11) is 0. The standard InChI is InChI=1S/C5H5.CHN2O2.CH3.W/c1-2-4-5-3-1;4-2-1-3-5;;/h1-5H;1H;1H3;/q3*-1;. The van der Waals surface area contributed by atoms with Gasteiger partial charge in [0, 0.05) is 21.1 Å². The Morgan fingerprint density at radius 3 is 1.58 bits per heavy atom. The first kappa shape index (κ1) is 17.3. The van der Waals surface area contributed by atoms with Crippen LogP contribution in [0.15, 0.2) is 40.7 Å². The first-order valence-electron chi connectivity index (χ1n) is 2.55. The van der Waals surface area contributed by atoms with Crippen LogP contribution in [0.3, 0.4) is 0 Å². The zero-order chi connectivity index (χ0) is 7.66. The van der Waals surface area contributed by atoms with Crippen LogP contribution in [-0.2, 0) is 21.1 Å². The molecular weight excluding hydrogens is 328 g/mol. The van der Waals surface area contributed by atoms with Gasteiger partial charge in [0.05, 0.1) is 0 Å². The number of nitrogens with zero attached hydrogens (tertiary/aromatic N) is 2. The number of hydrogen-bond acceptors (Lipinski definition) is 4. The van der Waals surface area contributed by atoms with Gasteiger partial charge in [-0.1, -0.05) is 6.67 Å². The van der Waals surface area contributed by atoms with E-state index in [0.717, 1.165) is 0 Å². The van der Waals surface area contributed by atoms with Crippen molar-refractivity contribution in [1.82, 2.24) is 0 Å². The fraction of sp³-hybridized carbons (Fsp3) is 0. The third-order valence-corrected chi connectivity index (χ3v) is 0.650. The minimum Gasteiger partial charge on any atom is -0.358 e. The molecule has 1 aromatic rings. The Kier molecular flexibility index (Phi) is 23.9. The number of hydrogen-bond donors (Lipinski definition) is 0. The van der Waals surface area contributed by atoms with E-state index in [1.54, 1.807) is 0 Å². The van der Waals surface area contributed by atoms with Crippen LogP contribution >= 0.6 is 0 Å². The summed E-state index contributed by atoms with van der Waals surface area (Å²) in [6.45, 7) is 0.389. The van der Waals surface area contributed by atoms with Gasteiger partial charge in [0.25, 0.3) is 0 Å². The molecule has 68 valence electrons. The molecule has 0 unspecified atom stereocenters. The maximum Gasteiger partial charge on any atom is 0 e.